The molecule has 0 radical (unpaired) electrons. The number of Topliss-reactive ketones (excluding diaryl/α,β-unsaturated/α-hetero) is 1. The molecule has 1 N–H and O–H groups in total. The van der Waals surface area contributed by atoms with Gasteiger partial charge in [0.25, 0.3) is 0 Å². The number of aliphatic imine (C=N–C) groups is 1. The Kier molecular flexibility index (Phi) is 2.01. The van der Waals surface area contributed by atoms with Crippen LogP contribution in [0.3, 0.4) is 0 Å². The second-order valence-corrected chi connectivity index (χ2v) is 2.75. The summed E-state index contributed by atoms with van der Waals surface area (Å²) in [5.41, 5.74) is 0.648. The molecule has 2 aliphatic heterocycles. The van der Waals surface area contributed by atoms with E-state index >= 15 is 0 Å². The maximum absolute atomic E-state index is 11.3. The molecule has 2 aliphatic rings. The standard InChI is InChI=1S/C8H10N2O2/c11-7-1-2-9-5-6(7)8-10-3-4-12-8/h2,5,8,10H,1,3-4H2. The maximum Gasteiger partial charge on any atom is 0.169 e. The van der Waals surface area contributed by atoms with Gasteiger partial charge in [0.1, 0.15) is 6.23 Å². The van der Waals surface area contributed by atoms with Crippen molar-refractivity contribution in [2.24, 2.45) is 4.99 Å². The van der Waals surface area contributed by atoms with Gasteiger partial charge in [-0.25, -0.2) is 0 Å². The van der Waals surface area contributed by atoms with E-state index in [2.05, 4.69) is 10.3 Å². The smallest absolute Gasteiger partial charge is 0.169 e. The number of hydrogen-bond acceptors (Lipinski definition) is 4. The average Bonchev–Trinajstić information content (AvgIpc) is 2.57. The van der Waals surface area contributed by atoms with Crippen LogP contribution in [0.25, 0.3) is 0 Å². The maximum atomic E-state index is 11.3. The highest BCUT2D eigenvalue weighted by molar-refractivity contribution is 6.05. The number of carbonyl (C=O) groups is 1. The first-order valence-electron chi connectivity index (χ1n) is 3.98. The molecule has 0 spiro atoms. The second kappa shape index (κ2) is 3.16. The van der Waals surface area contributed by atoms with E-state index in [4.69, 9.17) is 4.74 Å². The van der Waals surface area contributed by atoms with Crippen LogP contribution in [0, 0.1) is 0 Å². The molecule has 1 saturated heterocycles. The van der Waals surface area contributed by atoms with Crippen LogP contribution in [-0.4, -0.2) is 31.4 Å². The fourth-order valence-corrected chi connectivity index (χ4v) is 1.30. The van der Waals surface area contributed by atoms with E-state index in [0.29, 0.717) is 18.6 Å². The van der Waals surface area contributed by atoms with Crippen molar-refractivity contribution in [3.63, 3.8) is 0 Å². The summed E-state index contributed by atoms with van der Waals surface area (Å²) in [4.78, 5) is 15.2. The molecule has 0 saturated carbocycles. The van der Waals surface area contributed by atoms with Gasteiger partial charge in [0.05, 0.1) is 12.2 Å². The van der Waals surface area contributed by atoms with E-state index in [1.807, 2.05) is 0 Å². The summed E-state index contributed by atoms with van der Waals surface area (Å²) in [6.07, 6.45) is 3.36. The number of rotatable bonds is 1. The van der Waals surface area contributed by atoms with E-state index in [9.17, 15) is 4.79 Å². The number of carbonyl (C=O) groups excluding carboxylic acids is 1. The number of ketones is 1. The van der Waals surface area contributed by atoms with Crippen LogP contribution < -0.4 is 5.32 Å². The van der Waals surface area contributed by atoms with Crippen LogP contribution in [-0.2, 0) is 9.53 Å². The summed E-state index contributed by atoms with van der Waals surface area (Å²) < 4.78 is 5.29. The zero-order valence-electron chi connectivity index (χ0n) is 6.62. The Morgan fingerprint density at radius 3 is 3.25 bits per heavy atom. The Morgan fingerprint density at radius 1 is 1.67 bits per heavy atom. The van der Waals surface area contributed by atoms with Crippen molar-refractivity contribution in [2.45, 2.75) is 12.6 Å². The van der Waals surface area contributed by atoms with Crippen molar-refractivity contribution in [1.82, 2.24) is 5.32 Å². The number of nitrogens with zero attached hydrogens (tertiary/aromatic N) is 1. The highest BCUT2D eigenvalue weighted by Gasteiger charge is 2.25. The van der Waals surface area contributed by atoms with Gasteiger partial charge in [0, 0.05) is 25.4 Å². The summed E-state index contributed by atoms with van der Waals surface area (Å²) in [7, 11) is 0. The first kappa shape index (κ1) is 7.64. The molecular formula is C8H10N2O2. The molecule has 64 valence electrons. The molecule has 2 rings (SSSR count). The van der Waals surface area contributed by atoms with Gasteiger partial charge < -0.3 is 4.74 Å². The molecule has 0 aromatic rings. The van der Waals surface area contributed by atoms with Crippen molar-refractivity contribution in [3.05, 3.63) is 11.8 Å². The molecule has 1 atom stereocenters. The first-order valence-corrected chi connectivity index (χ1v) is 3.98. The molecule has 2 heterocycles. The summed E-state index contributed by atoms with van der Waals surface area (Å²) in [6, 6.07) is 0. The summed E-state index contributed by atoms with van der Waals surface area (Å²) >= 11 is 0. The molecule has 0 aromatic carbocycles. The molecule has 1 fully saturated rings. The van der Waals surface area contributed by atoms with Gasteiger partial charge in [-0.05, 0) is 0 Å². The van der Waals surface area contributed by atoms with Crippen LogP contribution in [0.2, 0.25) is 0 Å². The minimum absolute atomic E-state index is 0.101. The Hall–Kier alpha value is -1.00. The van der Waals surface area contributed by atoms with Gasteiger partial charge in [0.15, 0.2) is 5.78 Å². The molecule has 1 unspecified atom stereocenters. The van der Waals surface area contributed by atoms with E-state index in [1.165, 1.54) is 0 Å². The van der Waals surface area contributed by atoms with Gasteiger partial charge in [-0.2, -0.15) is 0 Å². The Morgan fingerprint density at radius 2 is 2.58 bits per heavy atom. The lowest BCUT2D eigenvalue weighted by atomic mass is 10.1. The molecular weight excluding hydrogens is 156 g/mol. The fourth-order valence-electron chi connectivity index (χ4n) is 1.30. The number of ether oxygens (including phenoxy) is 1. The molecule has 4 heteroatoms. The zero-order valence-corrected chi connectivity index (χ0v) is 6.62. The predicted molar refractivity (Wildman–Crippen MR) is 43.9 cm³/mol. The fraction of sp³-hybridized carbons (Fsp3) is 0.500. The Balaban J connectivity index is 2.14. The van der Waals surface area contributed by atoms with Gasteiger partial charge in [-0.1, -0.05) is 0 Å². The third kappa shape index (κ3) is 1.31. The lowest BCUT2D eigenvalue weighted by molar-refractivity contribution is -0.115. The highest BCUT2D eigenvalue weighted by Crippen LogP contribution is 2.13. The van der Waals surface area contributed by atoms with Gasteiger partial charge in [0.2, 0.25) is 0 Å². The lowest BCUT2D eigenvalue weighted by Crippen LogP contribution is -2.29. The van der Waals surface area contributed by atoms with E-state index in [0.717, 1.165) is 6.54 Å². The lowest BCUT2D eigenvalue weighted by Gasteiger charge is -2.13. The van der Waals surface area contributed by atoms with Crippen LogP contribution in [0.5, 0.6) is 0 Å². The molecule has 4 nitrogen and oxygen atoms in total. The summed E-state index contributed by atoms with van der Waals surface area (Å²) in [6.45, 7) is 1.47. The quantitative estimate of drug-likeness (QED) is 0.590. The van der Waals surface area contributed by atoms with E-state index < -0.39 is 0 Å². The van der Waals surface area contributed by atoms with Crippen LogP contribution in [0.15, 0.2) is 16.8 Å². The van der Waals surface area contributed by atoms with Crippen molar-refractivity contribution < 1.29 is 9.53 Å². The van der Waals surface area contributed by atoms with Gasteiger partial charge in [-0.3, -0.25) is 15.1 Å². The third-order valence-electron chi connectivity index (χ3n) is 1.92. The molecule has 0 amide bonds. The van der Waals surface area contributed by atoms with Crippen LogP contribution in [0.4, 0.5) is 0 Å². The largest absolute Gasteiger partial charge is 0.358 e. The Labute approximate surface area is 70.3 Å². The Bertz CT molecular complexity index is 252. The van der Waals surface area contributed by atoms with Gasteiger partial charge in [-0.15, -0.1) is 0 Å². The molecule has 0 bridgehead atoms. The van der Waals surface area contributed by atoms with Crippen molar-refractivity contribution >= 4 is 12.0 Å². The predicted octanol–water partition coefficient (Wildman–Crippen LogP) is -0.140. The monoisotopic (exact) mass is 166 g/mol. The SMILES string of the molecule is O=C1CC=NC=C1C1NCCO1. The van der Waals surface area contributed by atoms with Gasteiger partial charge >= 0.3 is 0 Å². The van der Waals surface area contributed by atoms with Crippen LogP contribution >= 0.6 is 0 Å². The molecule has 0 aliphatic carbocycles. The highest BCUT2D eigenvalue weighted by atomic mass is 16.5. The average molecular weight is 166 g/mol. The first-order chi connectivity index (χ1) is 5.88. The van der Waals surface area contributed by atoms with Crippen molar-refractivity contribution in [2.75, 3.05) is 13.2 Å². The second-order valence-electron chi connectivity index (χ2n) is 2.75. The van der Waals surface area contributed by atoms with Crippen LogP contribution in [0.1, 0.15) is 6.42 Å². The summed E-state index contributed by atoms with van der Waals surface area (Å²) in [5.74, 6) is 0.101. The minimum Gasteiger partial charge on any atom is -0.358 e. The summed E-state index contributed by atoms with van der Waals surface area (Å²) in [5, 5.41) is 3.07. The molecule has 0 aromatic heterocycles. The number of nitrogens with one attached hydrogen (secondary N) is 1. The van der Waals surface area contributed by atoms with E-state index in [-0.39, 0.29) is 12.0 Å². The molecule has 12 heavy (non-hydrogen) atoms. The topological polar surface area (TPSA) is 50.7 Å². The number of hydrogen-bond donors (Lipinski definition) is 1. The minimum atomic E-state index is -0.227. The van der Waals surface area contributed by atoms with E-state index in [1.54, 1.807) is 12.4 Å². The normalized spacial score (nSPS) is 29.2. The van der Waals surface area contributed by atoms with Crippen molar-refractivity contribution in [3.8, 4) is 0 Å². The third-order valence-corrected chi connectivity index (χ3v) is 1.92. The zero-order chi connectivity index (χ0) is 8.39. The van der Waals surface area contributed by atoms with Crippen molar-refractivity contribution in [1.29, 1.82) is 0 Å².